The molecule has 1 aliphatic carbocycles. The third-order valence-electron chi connectivity index (χ3n) is 5.92. The lowest BCUT2D eigenvalue weighted by Crippen LogP contribution is -2.24. The predicted octanol–water partition coefficient (Wildman–Crippen LogP) is 5.88. The van der Waals surface area contributed by atoms with Gasteiger partial charge in [0, 0.05) is 6.42 Å². The average molecular weight is 436 g/mol. The van der Waals surface area contributed by atoms with E-state index in [2.05, 4.69) is 11.7 Å². The number of methoxy groups -OCH3 is 1. The van der Waals surface area contributed by atoms with Crippen molar-refractivity contribution in [1.29, 1.82) is 0 Å². The van der Waals surface area contributed by atoms with Gasteiger partial charge in [-0.25, -0.2) is 4.79 Å². The zero-order valence-corrected chi connectivity index (χ0v) is 17.8. The van der Waals surface area contributed by atoms with Crippen LogP contribution in [0.1, 0.15) is 56.6 Å². The Balaban J connectivity index is 1.87. The van der Waals surface area contributed by atoms with Gasteiger partial charge in [0.05, 0.1) is 13.2 Å². The van der Waals surface area contributed by atoms with E-state index in [9.17, 15) is 22.8 Å². The topological polar surface area (TPSA) is 52.6 Å². The van der Waals surface area contributed by atoms with Gasteiger partial charge in [-0.1, -0.05) is 31.2 Å². The number of hydrogen-bond donors (Lipinski definition) is 0. The number of ether oxygens (including phenoxy) is 2. The molecule has 3 rings (SSSR count). The van der Waals surface area contributed by atoms with Crippen LogP contribution in [0.2, 0.25) is 0 Å². The fourth-order valence-electron chi connectivity index (χ4n) is 4.19. The highest BCUT2D eigenvalue weighted by molar-refractivity contribution is 6.33. The molecule has 1 aliphatic rings. The van der Waals surface area contributed by atoms with Crippen LogP contribution >= 0.6 is 0 Å². The second kappa shape index (κ2) is 9.71. The first-order valence-corrected chi connectivity index (χ1v) is 10.6. The fourth-order valence-corrected chi connectivity index (χ4v) is 4.19. The highest BCUT2D eigenvalue weighted by atomic mass is 19.4. The molecule has 1 saturated carbocycles. The normalized spacial score (nSPS) is 19.3. The van der Waals surface area contributed by atoms with Crippen LogP contribution in [0.15, 0.2) is 30.3 Å². The summed E-state index contributed by atoms with van der Waals surface area (Å²) >= 11 is 0. The number of alkyl halides is 3. The third-order valence-corrected chi connectivity index (χ3v) is 5.92. The van der Waals surface area contributed by atoms with Gasteiger partial charge in [0.15, 0.2) is 0 Å². The van der Waals surface area contributed by atoms with E-state index in [0.717, 1.165) is 32.8 Å². The van der Waals surface area contributed by atoms with Crippen molar-refractivity contribution >= 4 is 22.5 Å². The van der Waals surface area contributed by atoms with E-state index in [1.807, 2.05) is 0 Å². The summed E-state index contributed by atoms with van der Waals surface area (Å²) in [7, 11) is 1.14. The van der Waals surface area contributed by atoms with Gasteiger partial charge in [0.1, 0.15) is 11.3 Å². The Kier molecular flexibility index (Phi) is 7.23. The number of esters is 1. The van der Waals surface area contributed by atoms with Crippen molar-refractivity contribution < 1.29 is 32.2 Å². The van der Waals surface area contributed by atoms with Crippen LogP contribution in [0, 0.1) is 5.92 Å². The first-order valence-electron chi connectivity index (χ1n) is 10.6. The van der Waals surface area contributed by atoms with Crippen molar-refractivity contribution in [2.75, 3.05) is 7.11 Å². The molecule has 0 amide bonds. The first kappa shape index (κ1) is 23.1. The van der Waals surface area contributed by atoms with Crippen molar-refractivity contribution in [2.24, 2.45) is 5.92 Å². The molecule has 0 atom stereocenters. The van der Waals surface area contributed by atoms with Gasteiger partial charge in [0.25, 0.3) is 0 Å². The van der Waals surface area contributed by atoms with E-state index in [0.29, 0.717) is 29.7 Å². The minimum atomic E-state index is -4.56. The highest BCUT2D eigenvalue weighted by Gasteiger charge is 2.37. The lowest BCUT2D eigenvalue weighted by Gasteiger charge is -2.28. The molecule has 2 aromatic carbocycles. The predicted molar refractivity (Wildman–Crippen MR) is 111 cm³/mol. The summed E-state index contributed by atoms with van der Waals surface area (Å²) in [5.41, 5.74) is -0.0604. The molecule has 0 N–H and O–H groups in total. The Morgan fingerprint density at radius 2 is 1.74 bits per heavy atom. The first-order chi connectivity index (χ1) is 14.7. The van der Waals surface area contributed by atoms with E-state index < -0.39 is 23.5 Å². The zero-order valence-electron chi connectivity index (χ0n) is 17.8. The Morgan fingerprint density at radius 3 is 2.39 bits per heavy atom. The van der Waals surface area contributed by atoms with Gasteiger partial charge in [0.2, 0.25) is 5.78 Å². The van der Waals surface area contributed by atoms with Crippen LogP contribution in [-0.2, 0) is 26.9 Å². The van der Waals surface area contributed by atoms with E-state index >= 15 is 0 Å². The summed E-state index contributed by atoms with van der Waals surface area (Å²) in [4.78, 5) is 22.9. The Labute approximate surface area is 179 Å². The number of benzene rings is 2. The molecular weight excluding hydrogens is 409 g/mol. The maximum Gasteiger partial charge on any atom is 0.420 e. The monoisotopic (exact) mass is 436 g/mol. The molecule has 0 heterocycles. The number of ketones is 1. The second-order valence-corrected chi connectivity index (χ2v) is 8.22. The average Bonchev–Trinajstić information content (AvgIpc) is 2.73. The quantitative estimate of drug-likeness (QED) is 0.402. The molecule has 0 saturated heterocycles. The van der Waals surface area contributed by atoms with Crippen LogP contribution in [-0.4, -0.2) is 25.0 Å². The Hall–Kier alpha value is -2.57. The number of halogens is 3. The molecule has 0 spiro atoms. The van der Waals surface area contributed by atoms with Crippen molar-refractivity contribution in [1.82, 2.24) is 0 Å². The number of hydrogen-bond acceptors (Lipinski definition) is 4. The van der Waals surface area contributed by atoms with Crippen LogP contribution < -0.4 is 4.74 Å². The van der Waals surface area contributed by atoms with Crippen molar-refractivity contribution in [2.45, 2.75) is 64.1 Å². The number of Topliss-reactive ketones (excluding diaryl/α,β-unsaturated/α-hetero) is 1. The highest BCUT2D eigenvalue weighted by Crippen LogP contribution is 2.43. The Morgan fingerprint density at radius 1 is 1.03 bits per heavy atom. The number of carbonyl (C=O) groups excluding carboxylic acids is 2. The Bertz CT molecular complexity index is 944. The molecule has 0 radical (unpaired) electrons. The van der Waals surface area contributed by atoms with Gasteiger partial charge in [-0.05, 0) is 66.8 Å². The lowest BCUT2D eigenvalue weighted by atomic mass is 9.89. The van der Waals surface area contributed by atoms with Gasteiger partial charge >= 0.3 is 12.1 Å². The SMILES string of the molecule is COC(=O)C(=O)CCCc1cccc2c(C(F)(F)F)c(OC3CCC(C)CC3)ccc12. The minimum Gasteiger partial charge on any atom is -0.490 e. The summed E-state index contributed by atoms with van der Waals surface area (Å²) in [6, 6.07) is 7.85. The van der Waals surface area contributed by atoms with E-state index in [4.69, 9.17) is 4.74 Å². The summed E-state index contributed by atoms with van der Waals surface area (Å²) < 4.78 is 52.3. The molecule has 4 nitrogen and oxygen atoms in total. The number of aryl methyl sites for hydroxylation is 1. The van der Waals surface area contributed by atoms with Crippen LogP contribution in [0.4, 0.5) is 13.2 Å². The molecule has 7 heteroatoms. The van der Waals surface area contributed by atoms with Crippen LogP contribution in [0.3, 0.4) is 0 Å². The number of rotatable bonds is 7. The molecule has 0 aliphatic heterocycles. The lowest BCUT2D eigenvalue weighted by molar-refractivity contribution is -0.151. The molecular formula is C24H27F3O4. The molecule has 0 unspecified atom stereocenters. The van der Waals surface area contributed by atoms with Gasteiger partial charge in [-0.15, -0.1) is 0 Å². The van der Waals surface area contributed by atoms with Gasteiger partial charge in [-0.2, -0.15) is 13.2 Å². The molecule has 0 aromatic heterocycles. The van der Waals surface area contributed by atoms with E-state index in [-0.39, 0.29) is 23.7 Å². The van der Waals surface area contributed by atoms with Crippen LogP contribution in [0.25, 0.3) is 10.8 Å². The van der Waals surface area contributed by atoms with Crippen molar-refractivity contribution in [3.8, 4) is 5.75 Å². The fraction of sp³-hybridized carbons (Fsp3) is 0.500. The summed E-state index contributed by atoms with van der Waals surface area (Å²) in [5, 5.41) is 0.566. The minimum absolute atomic E-state index is 0.0174. The third kappa shape index (κ3) is 5.57. The van der Waals surface area contributed by atoms with Gasteiger partial charge in [-0.3, -0.25) is 4.79 Å². The van der Waals surface area contributed by atoms with Crippen LogP contribution in [0.5, 0.6) is 5.75 Å². The zero-order chi connectivity index (χ0) is 22.6. The molecule has 1 fully saturated rings. The molecule has 0 bridgehead atoms. The molecule has 2 aromatic rings. The smallest absolute Gasteiger partial charge is 0.420 e. The van der Waals surface area contributed by atoms with Crippen molar-refractivity contribution in [3.05, 3.63) is 41.5 Å². The van der Waals surface area contributed by atoms with Gasteiger partial charge < -0.3 is 9.47 Å². The summed E-state index contributed by atoms with van der Waals surface area (Å²) in [5.74, 6) is -1.10. The maximum absolute atomic E-state index is 14.0. The molecule has 31 heavy (non-hydrogen) atoms. The summed E-state index contributed by atoms with van der Waals surface area (Å²) in [6.07, 6.45) is -0.655. The summed E-state index contributed by atoms with van der Waals surface area (Å²) in [6.45, 7) is 2.15. The number of carbonyl (C=O) groups is 2. The second-order valence-electron chi connectivity index (χ2n) is 8.22. The van der Waals surface area contributed by atoms with Crippen molar-refractivity contribution in [3.63, 3.8) is 0 Å². The van der Waals surface area contributed by atoms with E-state index in [1.54, 1.807) is 18.2 Å². The largest absolute Gasteiger partial charge is 0.490 e. The maximum atomic E-state index is 14.0. The molecule has 168 valence electrons. The standard InChI is InChI=1S/C24H27F3O4/c1-15-9-11-17(12-10-15)31-21-14-13-18-16(6-4-8-20(28)23(29)30-2)5-3-7-19(18)22(21)24(25,26)27/h3,5,7,13-15,17H,4,6,8-12H2,1-2H3. The van der Waals surface area contributed by atoms with E-state index in [1.165, 1.54) is 12.1 Å². The number of fused-ring (bicyclic) bond motifs is 1.